The number of nitrogens with one attached hydrogen (secondary N) is 2. The fourth-order valence-corrected chi connectivity index (χ4v) is 7.43. The lowest BCUT2D eigenvalue weighted by Gasteiger charge is -2.28. The van der Waals surface area contributed by atoms with Gasteiger partial charge in [0, 0.05) is 61.1 Å². The van der Waals surface area contributed by atoms with Gasteiger partial charge in [-0.1, -0.05) is 25.0 Å². The molecule has 0 unspecified atom stereocenters. The molecule has 1 aromatic carbocycles. The van der Waals surface area contributed by atoms with Gasteiger partial charge in [-0.15, -0.1) is 0 Å². The molecule has 0 bridgehead atoms. The summed E-state index contributed by atoms with van der Waals surface area (Å²) >= 11 is 0. The van der Waals surface area contributed by atoms with Crippen LogP contribution in [0.25, 0.3) is 27.7 Å². The van der Waals surface area contributed by atoms with Gasteiger partial charge in [0.2, 0.25) is 10.0 Å². The fourth-order valence-electron chi connectivity index (χ4n) is 5.85. The lowest BCUT2D eigenvalue weighted by molar-refractivity contribution is 0.0729. The number of morpholine rings is 1. The Bertz CT molecular complexity index is 1540. The molecule has 2 N–H and O–H groups in total. The SMILES string of the molecule is COc1ccc(-c2cnc3[nH]cc(C4=CCN(C(=O)NC5CCCC5)CC4)c3c2)cc1S(=O)(=O)N1CCOCC1. The minimum atomic E-state index is -3.76. The van der Waals surface area contributed by atoms with Crippen LogP contribution in [-0.4, -0.2) is 86.2 Å². The second-order valence-electron chi connectivity index (χ2n) is 10.6. The second kappa shape index (κ2) is 11.2. The van der Waals surface area contributed by atoms with Crippen molar-refractivity contribution in [2.75, 3.05) is 46.5 Å². The molecule has 1 saturated carbocycles. The Balaban J connectivity index is 1.26. The largest absolute Gasteiger partial charge is 0.495 e. The predicted molar refractivity (Wildman–Crippen MR) is 153 cm³/mol. The molecule has 2 amide bonds. The van der Waals surface area contributed by atoms with Gasteiger partial charge in [-0.05, 0) is 48.6 Å². The van der Waals surface area contributed by atoms with Crippen molar-refractivity contribution < 1.29 is 22.7 Å². The molecular formula is C29H35N5O5S. The number of aromatic amines is 1. The number of carbonyl (C=O) groups excluding carboxylic acids is 1. The number of aromatic nitrogens is 2. The van der Waals surface area contributed by atoms with Gasteiger partial charge in [0.05, 0.1) is 20.3 Å². The summed E-state index contributed by atoms with van der Waals surface area (Å²) in [7, 11) is -2.28. The Labute approximate surface area is 234 Å². The first kappa shape index (κ1) is 26.8. The number of sulfonamides is 1. The van der Waals surface area contributed by atoms with E-state index in [1.54, 1.807) is 18.3 Å². The molecule has 11 heteroatoms. The summed E-state index contributed by atoms with van der Waals surface area (Å²) < 4.78 is 39.2. The molecule has 3 aliphatic rings. The third-order valence-electron chi connectivity index (χ3n) is 8.14. The molecule has 10 nitrogen and oxygen atoms in total. The molecule has 0 atom stereocenters. The summed E-state index contributed by atoms with van der Waals surface area (Å²) in [4.78, 5) is 22.6. The molecule has 2 aliphatic heterocycles. The van der Waals surface area contributed by atoms with Crippen molar-refractivity contribution in [3.05, 3.63) is 48.3 Å². The van der Waals surface area contributed by atoms with Gasteiger partial charge >= 0.3 is 6.03 Å². The standard InChI is InChI=1S/C29H35N5O5S/c1-38-26-7-6-21(17-27(26)40(36,37)34-12-14-39-15-13-34)22-16-24-25(19-31-28(24)30-18-22)20-8-10-33(11-9-20)29(35)32-23-4-2-3-5-23/h6-8,16-19,23H,2-5,9-15H2,1H3,(H,30,31)(H,32,35). The number of pyridine rings is 1. The molecule has 2 fully saturated rings. The fraction of sp³-hybridized carbons (Fsp3) is 0.448. The van der Waals surface area contributed by atoms with Crippen molar-refractivity contribution in [1.82, 2.24) is 24.5 Å². The van der Waals surface area contributed by atoms with Crippen molar-refractivity contribution in [2.45, 2.75) is 43.0 Å². The van der Waals surface area contributed by atoms with E-state index in [0.717, 1.165) is 47.0 Å². The van der Waals surface area contributed by atoms with Crippen molar-refractivity contribution in [3.8, 4) is 16.9 Å². The van der Waals surface area contributed by atoms with E-state index in [1.165, 1.54) is 29.8 Å². The zero-order valence-electron chi connectivity index (χ0n) is 22.7. The van der Waals surface area contributed by atoms with Crippen molar-refractivity contribution in [2.24, 2.45) is 0 Å². The summed E-state index contributed by atoms with van der Waals surface area (Å²) in [5, 5.41) is 4.14. The first-order valence-electron chi connectivity index (χ1n) is 13.9. The lowest BCUT2D eigenvalue weighted by Crippen LogP contribution is -2.45. The number of rotatable bonds is 6. The van der Waals surface area contributed by atoms with E-state index >= 15 is 0 Å². The second-order valence-corrected chi connectivity index (χ2v) is 12.5. The highest BCUT2D eigenvalue weighted by atomic mass is 32.2. The van der Waals surface area contributed by atoms with Gasteiger partial charge in [0.15, 0.2) is 0 Å². The monoisotopic (exact) mass is 565 g/mol. The Morgan fingerprint density at radius 1 is 1.12 bits per heavy atom. The van der Waals surface area contributed by atoms with Crippen LogP contribution in [0.3, 0.4) is 0 Å². The van der Waals surface area contributed by atoms with Crippen LogP contribution in [0.15, 0.2) is 47.6 Å². The van der Waals surface area contributed by atoms with E-state index in [2.05, 4.69) is 21.4 Å². The van der Waals surface area contributed by atoms with E-state index in [9.17, 15) is 13.2 Å². The highest BCUT2D eigenvalue weighted by Crippen LogP contribution is 2.35. The number of carbonyl (C=O) groups is 1. The molecule has 40 heavy (non-hydrogen) atoms. The van der Waals surface area contributed by atoms with Gasteiger partial charge < -0.3 is 24.7 Å². The first-order valence-corrected chi connectivity index (χ1v) is 15.4. The molecule has 2 aromatic heterocycles. The average Bonchev–Trinajstić information content (AvgIpc) is 3.67. The lowest BCUT2D eigenvalue weighted by atomic mass is 9.98. The maximum atomic E-state index is 13.5. The minimum Gasteiger partial charge on any atom is -0.495 e. The topological polar surface area (TPSA) is 117 Å². The Morgan fingerprint density at radius 2 is 1.93 bits per heavy atom. The van der Waals surface area contributed by atoms with E-state index in [1.807, 2.05) is 23.2 Å². The molecule has 6 rings (SSSR count). The Kier molecular flexibility index (Phi) is 7.52. The smallest absolute Gasteiger partial charge is 0.317 e. The minimum absolute atomic E-state index is 0.0208. The number of amides is 2. The van der Waals surface area contributed by atoms with E-state index in [-0.39, 0.29) is 10.9 Å². The molecular weight excluding hydrogens is 530 g/mol. The zero-order chi connectivity index (χ0) is 27.7. The Morgan fingerprint density at radius 3 is 2.65 bits per heavy atom. The normalized spacial score (nSPS) is 19.1. The number of H-pyrrole nitrogens is 1. The predicted octanol–water partition coefficient (Wildman–Crippen LogP) is 4.00. The summed E-state index contributed by atoms with van der Waals surface area (Å²) in [5.41, 5.74) is 4.52. The van der Waals surface area contributed by atoms with Crippen molar-refractivity contribution in [3.63, 3.8) is 0 Å². The number of methoxy groups -OCH3 is 1. The van der Waals surface area contributed by atoms with E-state index in [0.29, 0.717) is 51.2 Å². The number of nitrogens with zero attached hydrogens (tertiary/aromatic N) is 3. The number of fused-ring (bicyclic) bond motifs is 1. The summed E-state index contributed by atoms with van der Waals surface area (Å²) in [6.45, 7) is 2.59. The Hall–Kier alpha value is -3.41. The van der Waals surface area contributed by atoms with Crippen LogP contribution < -0.4 is 10.1 Å². The van der Waals surface area contributed by atoms with Gasteiger partial charge in [0.1, 0.15) is 16.3 Å². The summed E-state index contributed by atoms with van der Waals surface area (Å²) in [6.07, 6.45) is 11.1. The van der Waals surface area contributed by atoms with Crippen LogP contribution in [0.5, 0.6) is 5.75 Å². The van der Waals surface area contributed by atoms with Gasteiger partial charge in [-0.25, -0.2) is 18.2 Å². The van der Waals surface area contributed by atoms with Crippen LogP contribution in [0, 0.1) is 0 Å². The van der Waals surface area contributed by atoms with E-state index in [4.69, 9.17) is 9.47 Å². The first-order chi connectivity index (χ1) is 19.4. The number of benzene rings is 1. The van der Waals surface area contributed by atoms with Gasteiger partial charge in [-0.3, -0.25) is 0 Å². The molecule has 0 spiro atoms. The summed E-state index contributed by atoms with van der Waals surface area (Å²) in [5.74, 6) is 0.306. The molecule has 1 saturated heterocycles. The quantitative estimate of drug-likeness (QED) is 0.467. The average molecular weight is 566 g/mol. The zero-order valence-corrected chi connectivity index (χ0v) is 23.5. The van der Waals surface area contributed by atoms with Crippen LogP contribution in [0.1, 0.15) is 37.7 Å². The third-order valence-corrected chi connectivity index (χ3v) is 10.1. The molecule has 212 valence electrons. The molecule has 1 aliphatic carbocycles. The number of hydrogen-bond acceptors (Lipinski definition) is 6. The molecule has 0 radical (unpaired) electrons. The number of urea groups is 1. The van der Waals surface area contributed by atoms with Crippen molar-refractivity contribution >= 4 is 32.7 Å². The van der Waals surface area contributed by atoms with Crippen LogP contribution in [-0.2, 0) is 14.8 Å². The summed E-state index contributed by atoms with van der Waals surface area (Å²) in [6, 6.07) is 7.58. The number of hydrogen-bond donors (Lipinski definition) is 2. The maximum Gasteiger partial charge on any atom is 0.317 e. The van der Waals surface area contributed by atoms with Crippen LogP contribution in [0.4, 0.5) is 4.79 Å². The van der Waals surface area contributed by atoms with E-state index < -0.39 is 10.0 Å². The maximum absolute atomic E-state index is 13.5. The van der Waals surface area contributed by atoms with Gasteiger partial charge in [0.25, 0.3) is 0 Å². The van der Waals surface area contributed by atoms with Gasteiger partial charge in [-0.2, -0.15) is 4.31 Å². The van der Waals surface area contributed by atoms with Crippen LogP contribution in [0.2, 0.25) is 0 Å². The molecule has 4 heterocycles. The van der Waals surface area contributed by atoms with Crippen LogP contribution >= 0.6 is 0 Å². The highest BCUT2D eigenvalue weighted by Gasteiger charge is 2.30. The third kappa shape index (κ3) is 5.21. The van der Waals surface area contributed by atoms with Crippen molar-refractivity contribution in [1.29, 1.82) is 0 Å². The number of ether oxygens (including phenoxy) is 2. The highest BCUT2D eigenvalue weighted by molar-refractivity contribution is 7.89. The molecule has 3 aromatic rings.